The van der Waals surface area contributed by atoms with Gasteiger partial charge in [0, 0.05) is 23.5 Å². The molecule has 0 atom stereocenters. The third-order valence-corrected chi connectivity index (χ3v) is 17.0. The number of aryl methyl sites for hydroxylation is 6. The van der Waals surface area contributed by atoms with Crippen molar-refractivity contribution in [1.29, 1.82) is 0 Å². The van der Waals surface area contributed by atoms with E-state index in [2.05, 4.69) is 211 Å². The van der Waals surface area contributed by atoms with E-state index in [0.29, 0.717) is 0 Å². The molecule has 0 saturated carbocycles. The molecule has 0 bridgehead atoms. The highest BCUT2D eigenvalue weighted by Gasteiger charge is 2.30. The summed E-state index contributed by atoms with van der Waals surface area (Å²) >= 11 is 0. The fourth-order valence-corrected chi connectivity index (χ4v) is 14.3. The number of hydrogen-bond donors (Lipinski definition) is 0. The van der Waals surface area contributed by atoms with Gasteiger partial charge < -0.3 is 9.47 Å². The fourth-order valence-electron chi connectivity index (χ4n) is 9.56. The molecule has 4 heteroatoms. The molecule has 8 rings (SSSR count). The first kappa shape index (κ1) is 42.9. The van der Waals surface area contributed by atoms with Gasteiger partial charge in [-0.25, -0.2) is 0 Å². The van der Waals surface area contributed by atoms with Gasteiger partial charge >= 0.3 is 0 Å². The summed E-state index contributed by atoms with van der Waals surface area (Å²) in [5, 5.41) is 5.37. The predicted octanol–water partition coefficient (Wildman–Crippen LogP) is 13.8. The Balaban J connectivity index is 1.52. The number of ether oxygens (including phenoxy) is 2. The van der Waals surface area contributed by atoms with E-state index in [4.69, 9.17) is 9.47 Å². The van der Waals surface area contributed by atoms with Crippen LogP contribution in [0.2, 0.25) is 0 Å². The van der Waals surface area contributed by atoms with Crippen molar-refractivity contribution in [2.75, 3.05) is 14.2 Å². The van der Waals surface area contributed by atoms with Gasteiger partial charge in [0.25, 0.3) is 0 Å². The fraction of sp³-hybridized carbons (Fsp3) is 0.172. The van der Waals surface area contributed by atoms with E-state index in [9.17, 15) is 0 Å². The molecule has 0 aliphatic heterocycles. The summed E-state index contributed by atoms with van der Waals surface area (Å²) in [7, 11) is 1.95. The SMILES string of the molecule is COc1ccc(-c2c(C)cc(C)cc2C)c(CP(c2ccccc2)c2ccccc2)c1-c1c(OC)ccc(-c2c(C)cc(C)cc2C)c1CP(c1ccccc1)c1ccccc1. The quantitative estimate of drug-likeness (QED) is 0.108. The zero-order valence-electron chi connectivity index (χ0n) is 37.3. The average molecular weight is 847 g/mol. The molecule has 62 heavy (non-hydrogen) atoms. The van der Waals surface area contributed by atoms with E-state index in [0.717, 1.165) is 34.9 Å². The van der Waals surface area contributed by atoms with Crippen molar-refractivity contribution in [2.45, 2.75) is 53.9 Å². The Morgan fingerprint density at radius 2 is 0.613 bits per heavy atom. The van der Waals surface area contributed by atoms with Crippen molar-refractivity contribution < 1.29 is 9.47 Å². The van der Waals surface area contributed by atoms with E-state index in [1.807, 2.05) is 14.2 Å². The molecule has 310 valence electrons. The lowest BCUT2D eigenvalue weighted by atomic mass is 9.83. The van der Waals surface area contributed by atoms with E-state index in [1.54, 1.807) is 0 Å². The van der Waals surface area contributed by atoms with E-state index in [-0.39, 0.29) is 0 Å². The first-order chi connectivity index (χ1) is 30.2. The molecule has 0 aliphatic carbocycles. The van der Waals surface area contributed by atoms with Gasteiger partial charge in [0.05, 0.1) is 14.2 Å². The van der Waals surface area contributed by atoms with Gasteiger partial charge in [0.2, 0.25) is 0 Å². The predicted molar refractivity (Wildman–Crippen MR) is 270 cm³/mol. The highest BCUT2D eigenvalue weighted by Crippen LogP contribution is 2.54. The van der Waals surface area contributed by atoms with E-state index in [1.165, 1.54) is 88.0 Å². The lowest BCUT2D eigenvalue weighted by Crippen LogP contribution is -2.15. The van der Waals surface area contributed by atoms with Crippen LogP contribution in [0.3, 0.4) is 0 Å². The molecule has 0 heterocycles. The third kappa shape index (κ3) is 8.78. The minimum Gasteiger partial charge on any atom is -0.496 e. The Morgan fingerprint density at radius 1 is 0.339 bits per heavy atom. The van der Waals surface area contributed by atoms with Gasteiger partial charge in [-0.2, -0.15) is 0 Å². The largest absolute Gasteiger partial charge is 0.496 e. The van der Waals surface area contributed by atoms with Gasteiger partial charge in [-0.3, -0.25) is 0 Å². The van der Waals surface area contributed by atoms with Gasteiger partial charge in [-0.15, -0.1) is 0 Å². The van der Waals surface area contributed by atoms with Crippen molar-refractivity contribution in [3.8, 4) is 44.9 Å². The van der Waals surface area contributed by atoms with Crippen LogP contribution in [0.5, 0.6) is 11.5 Å². The summed E-state index contributed by atoms with van der Waals surface area (Å²) in [5.41, 5.74) is 17.4. The number of methoxy groups -OCH3 is 2. The maximum Gasteiger partial charge on any atom is 0.127 e. The summed E-state index contributed by atoms with van der Waals surface area (Å²) in [5.74, 6) is 1.69. The van der Waals surface area contributed by atoms with Crippen LogP contribution in [0.4, 0.5) is 0 Å². The van der Waals surface area contributed by atoms with E-state index >= 15 is 0 Å². The van der Waals surface area contributed by atoms with Crippen LogP contribution in [-0.4, -0.2) is 14.2 Å². The zero-order chi connectivity index (χ0) is 43.3. The molecule has 0 aliphatic rings. The highest BCUT2D eigenvalue weighted by molar-refractivity contribution is 7.72. The van der Waals surface area contributed by atoms with Crippen LogP contribution in [0.15, 0.2) is 170 Å². The van der Waals surface area contributed by atoms with Crippen molar-refractivity contribution in [2.24, 2.45) is 0 Å². The Hall–Kier alpha value is -5.78. The molecule has 2 nitrogen and oxygen atoms in total. The van der Waals surface area contributed by atoms with Gasteiger partial charge in [-0.05, 0) is 146 Å². The first-order valence-electron chi connectivity index (χ1n) is 21.5. The smallest absolute Gasteiger partial charge is 0.127 e. The van der Waals surface area contributed by atoms with Gasteiger partial charge in [-0.1, -0.05) is 169 Å². The molecule has 0 saturated heterocycles. The van der Waals surface area contributed by atoms with Crippen LogP contribution >= 0.6 is 15.8 Å². The van der Waals surface area contributed by atoms with Gasteiger partial charge in [0.15, 0.2) is 0 Å². The number of benzene rings is 8. The summed E-state index contributed by atoms with van der Waals surface area (Å²) in [4.78, 5) is 0. The molecule has 0 unspecified atom stereocenters. The topological polar surface area (TPSA) is 18.5 Å². The second kappa shape index (κ2) is 19.1. The monoisotopic (exact) mass is 846 g/mol. The highest BCUT2D eigenvalue weighted by atomic mass is 31.1. The van der Waals surface area contributed by atoms with Crippen molar-refractivity contribution in [3.63, 3.8) is 0 Å². The van der Waals surface area contributed by atoms with Crippen molar-refractivity contribution in [3.05, 3.63) is 214 Å². The van der Waals surface area contributed by atoms with Crippen LogP contribution in [0.25, 0.3) is 33.4 Å². The van der Waals surface area contributed by atoms with E-state index < -0.39 is 15.8 Å². The average Bonchev–Trinajstić information content (AvgIpc) is 3.28. The molecular formula is C58H56O2P2. The van der Waals surface area contributed by atoms with Crippen molar-refractivity contribution in [1.82, 2.24) is 0 Å². The molecule has 8 aromatic rings. The summed E-state index contributed by atoms with van der Waals surface area (Å²) in [6.07, 6.45) is 1.61. The van der Waals surface area contributed by atoms with Crippen LogP contribution in [-0.2, 0) is 12.3 Å². The molecule has 0 aromatic heterocycles. The Morgan fingerprint density at radius 3 is 0.871 bits per heavy atom. The maximum absolute atomic E-state index is 6.60. The minimum atomic E-state index is -0.853. The van der Waals surface area contributed by atoms with Crippen LogP contribution < -0.4 is 30.7 Å². The Labute approximate surface area is 372 Å². The normalized spacial score (nSPS) is 11.3. The molecule has 0 N–H and O–H groups in total. The van der Waals surface area contributed by atoms with Crippen LogP contribution in [0.1, 0.15) is 44.5 Å². The number of hydrogen-bond acceptors (Lipinski definition) is 2. The summed E-state index contributed by atoms with van der Waals surface area (Å²) in [6.45, 7) is 13.5. The lowest BCUT2D eigenvalue weighted by molar-refractivity contribution is 0.410. The van der Waals surface area contributed by atoms with Gasteiger partial charge in [0.1, 0.15) is 11.5 Å². The third-order valence-electron chi connectivity index (χ3n) is 12.0. The second-order valence-corrected chi connectivity index (χ2v) is 20.8. The van der Waals surface area contributed by atoms with Crippen LogP contribution in [0, 0.1) is 41.5 Å². The Kier molecular flexibility index (Phi) is 13.2. The molecule has 0 spiro atoms. The standard InChI is InChI=1S/C58H56O2P2/c1-39-33-41(3)55(42(4)34-39)49-29-31-53(59-7)57(51(49)37-61(45-21-13-9-14-22-45)46-23-15-10-16-24-46)58-52(38-62(47-25-17-11-18-26-47)48-27-19-12-20-28-48)50(30-32-54(58)60-8)56-43(5)35-40(2)36-44(56)6/h9-36H,37-38H2,1-8H3. The lowest BCUT2D eigenvalue weighted by Gasteiger charge is -2.29. The minimum absolute atomic E-state index is 0.805. The summed E-state index contributed by atoms with van der Waals surface area (Å²) < 4.78 is 13.2. The summed E-state index contributed by atoms with van der Waals surface area (Å²) in [6, 6.07) is 62.8. The Bertz CT molecular complexity index is 2500. The number of rotatable bonds is 13. The molecular weight excluding hydrogens is 791 g/mol. The first-order valence-corrected chi connectivity index (χ1v) is 24.5. The second-order valence-electron chi connectivity index (χ2n) is 16.4. The molecule has 0 amide bonds. The molecule has 0 radical (unpaired) electrons. The molecule has 0 fully saturated rings. The molecule has 8 aromatic carbocycles. The van der Waals surface area contributed by atoms with Crippen molar-refractivity contribution >= 4 is 37.1 Å². The maximum atomic E-state index is 6.60. The zero-order valence-corrected chi connectivity index (χ0v) is 39.1.